The Morgan fingerprint density at radius 3 is 2.53 bits per heavy atom. The van der Waals surface area contributed by atoms with E-state index in [-0.39, 0.29) is 13.0 Å². The molecule has 0 aromatic carbocycles. The number of nitrogens with zero attached hydrogens (tertiary/aromatic N) is 1. The first kappa shape index (κ1) is 14.0. The average Bonchev–Trinajstić information content (AvgIpc) is 2.23. The topological polar surface area (TPSA) is 66.8 Å². The van der Waals surface area contributed by atoms with Gasteiger partial charge in [-0.1, -0.05) is 12.8 Å². The van der Waals surface area contributed by atoms with E-state index in [9.17, 15) is 9.59 Å². The summed E-state index contributed by atoms with van der Waals surface area (Å²) in [5.41, 5.74) is -1.29. The van der Waals surface area contributed by atoms with Crippen LogP contribution < -0.4 is 0 Å². The number of hydrogen-bond donors (Lipinski definition) is 1. The third-order valence-corrected chi connectivity index (χ3v) is 3.48. The largest absolute Gasteiger partial charge is 0.479 e. The number of carboxylic acids is 1. The van der Waals surface area contributed by atoms with Gasteiger partial charge in [-0.05, 0) is 13.3 Å². The Hall–Kier alpha value is -0.970. The predicted octanol–water partition coefficient (Wildman–Crippen LogP) is 1.66. The van der Waals surface area contributed by atoms with Crippen molar-refractivity contribution in [3.8, 4) is 12.3 Å². The van der Waals surface area contributed by atoms with Crippen LogP contribution in [0, 0.1) is 12.3 Å². The fraction of sp³-hybridized carbons (Fsp3) is 0.556. The molecular formula is C9H12INO4. The molecule has 0 unspecified atom stereocenters. The Morgan fingerprint density at radius 1 is 1.67 bits per heavy atom. The molecule has 0 aromatic rings. The normalized spacial score (nSPS) is 13.5. The number of rotatable bonds is 4. The summed E-state index contributed by atoms with van der Waals surface area (Å²) in [7, 11) is 0. The van der Waals surface area contributed by atoms with Crippen molar-refractivity contribution >= 4 is 34.9 Å². The summed E-state index contributed by atoms with van der Waals surface area (Å²) < 4.78 is 5.64. The Balaban J connectivity index is 4.67. The van der Waals surface area contributed by atoms with Crippen LogP contribution in [0.3, 0.4) is 0 Å². The van der Waals surface area contributed by atoms with Gasteiger partial charge in [0, 0.05) is 0 Å². The smallest absolute Gasteiger partial charge is 0.420 e. The lowest BCUT2D eigenvalue weighted by Crippen LogP contribution is -2.49. The molecule has 0 aliphatic rings. The Bertz CT molecular complexity index is 299. The number of carbonyl (C=O) groups excluding carboxylic acids is 1. The molecule has 1 amide bonds. The maximum Gasteiger partial charge on any atom is 0.420 e. The van der Waals surface area contributed by atoms with Gasteiger partial charge in [0.15, 0.2) is 6.61 Å². The minimum atomic E-state index is -1.29. The number of carbonyl (C=O) groups is 2. The summed E-state index contributed by atoms with van der Waals surface area (Å²) in [5.74, 6) is 1.05. The van der Waals surface area contributed by atoms with Gasteiger partial charge in [-0.3, -0.25) is 0 Å². The minimum absolute atomic E-state index is 0.169. The summed E-state index contributed by atoms with van der Waals surface area (Å²) in [4.78, 5) is 22.3. The number of terminal acetylenes is 1. The molecule has 0 spiro atoms. The van der Waals surface area contributed by atoms with E-state index >= 15 is 0 Å². The molecule has 6 heteroatoms. The van der Waals surface area contributed by atoms with E-state index in [1.807, 2.05) is 0 Å². The van der Waals surface area contributed by atoms with Crippen molar-refractivity contribution < 1.29 is 19.4 Å². The van der Waals surface area contributed by atoms with Gasteiger partial charge in [-0.15, -0.1) is 6.42 Å². The molecule has 1 N–H and O–H groups in total. The lowest BCUT2D eigenvalue weighted by Gasteiger charge is -2.30. The van der Waals surface area contributed by atoms with E-state index in [0.29, 0.717) is 0 Å². The van der Waals surface area contributed by atoms with Gasteiger partial charge < -0.3 is 9.84 Å². The molecule has 15 heavy (non-hydrogen) atoms. The molecule has 0 saturated carbocycles. The fourth-order valence-electron chi connectivity index (χ4n) is 0.736. The van der Waals surface area contributed by atoms with E-state index in [1.165, 1.54) is 6.92 Å². The summed E-state index contributed by atoms with van der Waals surface area (Å²) >= 11 is 1.61. The van der Waals surface area contributed by atoms with Gasteiger partial charge >= 0.3 is 12.1 Å². The van der Waals surface area contributed by atoms with Crippen LogP contribution in [0.5, 0.6) is 0 Å². The van der Waals surface area contributed by atoms with Crippen LogP contribution in [-0.2, 0) is 9.53 Å². The van der Waals surface area contributed by atoms with Gasteiger partial charge in [-0.25, -0.2) is 12.7 Å². The van der Waals surface area contributed by atoms with Crippen molar-refractivity contribution in [3.05, 3.63) is 0 Å². The number of carboxylic acid groups (broad SMARTS) is 1. The van der Waals surface area contributed by atoms with E-state index in [1.54, 1.807) is 29.8 Å². The standard InChI is InChI=1S/C9H12INO4/c1-4-6-15-8(14)11(10)9(3,5-2)7(12)13/h1H,5-6H2,2-3H3,(H,12,13)/t9-/m1/s1. The third kappa shape index (κ3) is 3.27. The average molecular weight is 325 g/mol. The van der Waals surface area contributed by atoms with Crippen LogP contribution in [0.15, 0.2) is 0 Å². The molecule has 0 rings (SSSR count). The highest BCUT2D eigenvalue weighted by molar-refractivity contribution is 14.1. The first-order valence-electron chi connectivity index (χ1n) is 4.19. The highest BCUT2D eigenvalue weighted by Crippen LogP contribution is 2.24. The lowest BCUT2D eigenvalue weighted by molar-refractivity contribution is -0.146. The molecule has 1 atom stereocenters. The molecule has 0 radical (unpaired) electrons. The number of aliphatic carboxylic acids is 1. The van der Waals surface area contributed by atoms with Gasteiger partial charge in [-0.2, -0.15) is 0 Å². The maximum absolute atomic E-state index is 11.3. The SMILES string of the molecule is C#CCOC(=O)N(I)[C@](C)(CC)C(=O)O. The zero-order chi connectivity index (χ0) is 12.1. The monoisotopic (exact) mass is 325 g/mol. The van der Waals surface area contributed by atoms with Crippen LogP contribution in [0.4, 0.5) is 4.79 Å². The summed E-state index contributed by atoms with van der Waals surface area (Å²) in [5, 5.41) is 8.98. The molecule has 0 saturated heterocycles. The highest BCUT2D eigenvalue weighted by atomic mass is 127. The summed E-state index contributed by atoms with van der Waals surface area (Å²) in [6.45, 7) is 2.95. The second-order valence-electron chi connectivity index (χ2n) is 2.97. The Kier molecular flexibility index (Phi) is 5.43. The molecule has 0 bridgehead atoms. The van der Waals surface area contributed by atoms with E-state index in [0.717, 1.165) is 3.11 Å². The Labute approximate surface area is 102 Å². The molecule has 5 nitrogen and oxygen atoms in total. The van der Waals surface area contributed by atoms with Gasteiger partial charge in [0.1, 0.15) is 5.54 Å². The second kappa shape index (κ2) is 5.80. The predicted molar refractivity (Wildman–Crippen MR) is 62.4 cm³/mol. The van der Waals surface area contributed by atoms with Crippen molar-refractivity contribution in [1.29, 1.82) is 0 Å². The van der Waals surface area contributed by atoms with Crippen LogP contribution in [0.2, 0.25) is 0 Å². The molecule has 0 fully saturated rings. The van der Waals surface area contributed by atoms with E-state index < -0.39 is 17.6 Å². The number of amides is 1. The zero-order valence-corrected chi connectivity index (χ0v) is 10.6. The summed E-state index contributed by atoms with van der Waals surface area (Å²) in [6, 6.07) is 0. The van der Waals surface area contributed by atoms with Gasteiger partial charge in [0.25, 0.3) is 0 Å². The number of halogens is 1. The van der Waals surface area contributed by atoms with E-state index in [4.69, 9.17) is 11.5 Å². The maximum atomic E-state index is 11.3. The van der Waals surface area contributed by atoms with Crippen molar-refractivity contribution in [2.24, 2.45) is 0 Å². The highest BCUT2D eigenvalue weighted by Gasteiger charge is 2.40. The first-order chi connectivity index (χ1) is 6.90. The lowest BCUT2D eigenvalue weighted by atomic mass is 10.00. The zero-order valence-electron chi connectivity index (χ0n) is 8.49. The third-order valence-electron chi connectivity index (χ3n) is 2.02. The number of hydrogen-bond acceptors (Lipinski definition) is 3. The molecule has 84 valence electrons. The van der Waals surface area contributed by atoms with Crippen molar-refractivity contribution in [2.75, 3.05) is 6.61 Å². The van der Waals surface area contributed by atoms with Crippen molar-refractivity contribution in [2.45, 2.75) is 25.8 Å². The van der Waals surface area contributed by atoms with Gasteiger partial charge in [0.05, 0.1) is 22.9 Å². The van der Waals surface area contributed by atoms with Crippen LogP contribution >= 0.6 is 22.9 Å². The van der Waals surface area contributed by atoms with Crippen molar-refractivity contribution in [1.82, 2.24) is 3.11 Å². The second-order valence-corrected chi connectivity index (χ2v) is 3.94. The van der Waals surface area contributed by atoms with E-state index in [2.05, 4.69) is 10.7 Å². The first-order valence-corrected chi connectivity index (χ1v) is 5.16. The molecule has 0 aliphatic heterocycles. The molecule has 0 aromatic heterocycles. The number of ether oxygens (including phenoxy) is 1. The van der Waals surface area contributed by atoms with Crippen LogP contribution in [0.1, 0.15) is 20.3 Å². The van der Waals surface area contributed by atoms with Crippen LogP contribution in [0.25, 0.3) is 0 Å². The minimum Gasteiger partial charge on any atom is -0.479 e. The molecule has 0 aliphatic carbocycles. The Morgan fingerprint density at radius 2 is 2.20 bits per heavy atom. The van der Waals surface area contributed by atoms with Crippen LogP contribution in [-0.4, -0.2) is 32.4 Å². The quantitative estimate of drug-likeness (QED) is 0.485. The summed E-state index contributed by atoms with van der Waals surface area (Å²) in [6.07, 6.45) is 4.44. The van der Waals surface area contributed by atoms with Crippen molar-refractivity contribution in [3.63, 3.8) is 0 Å². The molecule has 0 heterocycles. The van der Waals surface area contributed by atoms with Gasteiger partial charge in [0.2, 0.25) is 0 Å². The fourth-order valence-corrected chi connectivity index (χ4v) is 1.42. The molecular weight excluding hydrogens is 313 g/mol.